The molecule has 11 rings (SSSR count). The molecular weight excluding hydrogens is 619 g/mol. The van der Waals surface area contributed by atoms with Gasteiger partial charge in [-0.2, -0.15) is 0 Å². The van der Waals surface area contributed by atoms with Gasteiger partial charge >= 0.3 is 0 Å². The standard InChI is InChI=1S/C48H31N3/c1-2-12-34(13-3-1)50-43-18-8-6-16-39(43)41-28-24-33(30-48(41)50)32-22-25-35(26-23-32)49-46-21-11-7-17-40(46)42-31-36(27-29-47(42)49)51-44-19-9-4-14-37(44)38-15-5-10-20-45(38)51/h1-31H. The minimum atomic E-state index is 1.15. The molecule has 0 saturated carbocycles. The van der Waals surface area contributed by atoms with E-state index in [0.717, 1.165) is 5.69 Å². The maximum Gasteiger partial charge on any atom is 0.0547 e. The molecule has 0 N–H and O–H groups in total. The highest BCUT2D eigenvalue weighted by atomic mass is 15.0. The summed E-state index contributed by atoms with van der Waals surface area (Å²) in [5, 5.41) is 7.57. The molecule has 0 fully saturated rings. The normalized spacial score (nSPS) is 11.9. The highest BCUT2D eigenvalue weighted by molar-refractivity contribution is 6.13. The van der Waals surface area contributed by atoms with Crippen LogP contribution in [0.25, 0.3) is 93.6 Å². The fraction of sp³-hybridized carbons (Fsp3) is 0. The molecule has 11 aromatic rings. The summed E-state index contributed by atoms with van der Waals surface area (Å²) >= 11 is 0. The van der Waals surface area contributed by atoms with E-state index in [4.69, 9.17) is 0 Å². The molecular formula is C48H31N3. The molecule has 0 aliphatic rings. The van der Waals surface area contributed by atoms with Crippen molar-refractivity contribution < 1.29 is 0 Å². The lowest BCUT2D eigenvalue weighted by atomic mass is 10.0. The number of para-hydroxylation sites is 5. The Morgan fingerprint density at radius 1 is 0.216 bits per heavy atom. The average Bonchev–Trinajstić information content (AvgIpc) is 3.83. The van der Waals surface area contributed by atoms with Gasteiger partial charge in [0.25, 0.3) is 0 Å². The van der Waals surface area contributed by atoms with Gasteiger partial charge in [0.1, 0.15) is 0 Å². The van der Waals surface area contributed by atoms with E-state index in [0.29, 0.717) is 0 Å². The summed E-state index contributed by atoms with van der Waals surface area (Å²) in [6, 6.07) is 68.4. The second kappa shape index (κ2) is 10.8. The minimum absolute atomic E-state index is 1.15. The third-order valence-corrected chi connectivity index (χ3v) is 10.6. The molecule has 0 spiro atoms. The van der Waals surface area contributed by atoms with E-state index >= 15 is 0 Å². The lowest BCUT2D eigenvalue weighted by Gasteiger charge is -2.12. The quantitative estimate of drug-likeness (QED) is 0.180. The lowest BCUT2D eigenvalue weighted by Crippen LogP contribution is -1.96. The molecule has 3 heterocycles. The summed E-state index contributed by atoms with van der Waals surface area (Å²) in [5.74, 6) is 0. The molecule has 0 unspecified atom stereocenters. The zero-order valence-electron chi connectivity index (χ0n) is 27.7. The van der Waals surface area contributed by atoms with Crippen LogP contribution in [0.3, 0.4) is 0 Å². The predicted molar refractivity (Wildman–Crippen MR) is 215 cm³/mol. The van der Waals surface area contributed by atoms with Crippen LogP contribution < -0.4 is 0 Å². The molecule has 238 valence electrons. The average molecular weight is 650 g/mol. The first-order chi connectivity index (χ1) is 25.3. The van der Waals surface area contributed by atoms with Gasteiger partial charge in [-0.25, -0.2) is 0 Å². The Kier molecular flexibility index (Phi) is 5.96. The molecule has 0 amide bonds. The van der Waals surface area contributed by atoms with E-state index in [-0.39, 0.29) is 0 Å². The molecule has 0 aliphatic heterocycles. The minimum Gasteiger partial charge on any atom is -0.309 e. The molecule has 51 heavy (non-hydrogen) atoms. The zero-order valence-corrected chi connectivity index (χ0v) is 27.7. The van der Waals surface area contributed by atoms with Gasteiger partial charge in [-0.05, 0) is 83.9 Å². The summed E-state index contributed by atoms with van der Waals surface area (Å²) in [5.41, 5.74) is 13.2. The molecule has 0 saturated heterocycles. The number of fused-ring (bicyclic) bond motifs is 9. The van der Waals surface area contributed by atoms with Crippen molar-refractivity contribution >= 4 is 65.4 Å². The van der Waals surface area contributed by atoms with Crippen molar-refractivity contribution in [1.29, 1.82) is 0 Å². The van der Waals surface area contributed by atoms with Crippen LogP contribution in [-0.4, -0.2) is 13.7 Å². The summed E-state index contributed by atoms with van der Waals surface area (Å²) in [4.78, 5) is 0. The lowest BCUT2D eigenvalue weighted by molar-refractivity contribution is 1.16. The topological polar surface area (TPSA) is 14.8 Å². The zero-order chi connectivity index (χ0) is 33.5. The summed E-state index contributed by atoms with van der Waals surface area (Å²) in [6.45, 7) is 0. The second-order valence-electron chi connectivity index (χ2n) is 13.4. The third kappa shape index (κ3) is 4.12. The van der Waals surface area contributed by atoms with E-state index in [9.17, 15) is 0 Å². The van der Waals surface area contributed by atoms with Crippen LogP contribution in [0.4, 0.5) is 0 Å². The number of nitrogens with zero attached hydrogens (tertiary/aromatic N) is 3. The number of benzene rings is 8. The fourth-order valence-electron chi connectivity index (χ4n) is 8.39. The van der Waals surface area contributed by atoms with Crippen molar-refractivity contribution in [2.45, 2.75) is 0 Å². The van der Waals surface area contributed by atoms with E-state index in [1.165, 1.54) is 87.9 Å². The molecule has 3 nitrogen and oxygen atoms in total. The Bertz CT molecular complexity index is 3070. The Labute approximate surface area is 294 Å². The summed E-state index contributed by atoms with van der Waals surface area (Å²) in [6.07, 6.45) is 0. The first-order valence-electron chi connectivity index (χ1n) is 17.5. The summed E-state index contributed by atoms with van der Waals surface area (Å²) in [7, 11) is 0. The summed E-state index contributed by atoms with van der Waals surface area (Å²) < 4.78 is 7.19. The Morgan fingerprint density at radius 2 is 0.608 bits per heavy atom. The largest absolute Gasteiger partial charge is 0.309 e. The maximum absolute atomic E-state index is 2.40. The van der Waals surface area contributed by atoms with E-state index in [1.54, 1.807) is 0 Å². The van der Waals surface area contributed by atoms with Gasteiger partial charge in [-0.3, -0.25) is 0 Å². The van der Waals surface area contributed by atoms with Gasteiger partial charge in [-0.15, -0.1) is 0 Å². The number of aromatic nitrogens is 3. The first kappa shape index (κ1) is 28.0. The van der Waals surface area contributed by atoms with Crippen molar-refractivity contribution in [1.82, 2.24) is 13.7 Å². The van der Waals surface area contributed by atoms with Crippen molar-refractivity contribution in [2.75, 3.05) is 0 Å². The van der Waals surface area contributed by atoms with E-state index in [2.05, 4.69) is 202 Å². The van der Waals surface area contributed by atoms with E-state index < -0.39 is 0 Å². The van der Waals surface area contributed by atoms with Gasteiger partial charge in [0.05, 0.1) is 33.1 Å². The Hall–Kier alpha value is -6.84. The molecule has 0 bridgehead atoms. The molecule has 0 aliphatic carbocycles. The van der Waals surface area contributed by atoms with Gasteiger partial charge in [0, 0.05) is 49.4 Å². The van der Waals surface area contributed by atoms with Crippen LogP contribution in [-0.2, 0) is 0 Å². The smallest absolute Gasteiger partial charge is 0.0547 e. The van der Waals surface area contributed by atoms with Gasteiger partial charge in [-0.1, -0.05) is 115 Å². The van der Waals surface area contributed by atoms with Crippen LogP contribution in [0.5, 0.6) is 0 Å². The van der Waals surface area contributed by atoms with Crippen molar-refractivity contribution in [3.63, 3.8) is 0 Å². The van der Waals surface area contributed by atoms with Gasteiger partial charge in [0.15, 0.2) is 0 Å². The van der Waals surface area contributed by atoms with Crippen LogP contribution >= 0.6 is 0 Å². The van der Waals surface area contributed by atoms with Gasteiger partial charge < -0.3 is 13.7 Å². The highest BCUT2D eigenvalue weighted by Gasteiger charge is 2.17. The molecule has 3 aromatic heterocycles. The molecule has 3 heteroatoms. The van der Waals surface area contributed by atoms with Crippen molar-refractivity contribution in [3.05, 3.63) is 188 Å². The van der Waals surface area contributed by atoms with Crippen LogP contribution in [0.1, 0.15) is 0 Å². The van der Waals surface area contributed by atoms with Crippen LogP contribution in [0, 0.1) is 0 Å². The van der Waals surface area contributed by atoms with Gasteiger partial charge in [0.2, 0.25) is 0 Å². The Balaban J connectivity index is 1.05. The fourth-order valence-corrected chi connectivity index (χ4v) is 8.39. The SMILES string of the molecule is c1ccc(-n2c3ccccc3c3ccc(-c4ccc(-n5c6ccccc6c6cc(-n7c8ccccc8c8ccccc87)ccc65)cc4)cc32)cc1. The monoisotopic (exact) mass is 649 g/mol. The van der Waals surface area contributed by atoms with E-state index in [1.807, 2.05) is 0 Å². The molecule has 0 atom stereocenters. The first-order valence-corrected chi connectivity index (χ1v) is 17.5. The Morgan fingerprint density at radius 3 is 1.20 bits per heavy atom. The van der Waals surface area contributed by atoms with Crippen molar-refractivity contribution in [3.8, 4) is 28.2 Å². The number of rotatable bonds is 4. The third-order valence-electron chi connectivity index (χ3n) is 10.6. The second-order valence-corrected chi connectivity index (χ2v) is 13.4. The number of hydrogen-bond acceptors (Lipinski definition) is 0. The predicted octanol–water partition coefficient (Wildman–Crippen LogP) is 12.6. The number of hydrogen-bond donors (Lipinski definition) is 0. The highest BCUT2D eigenvalue weighted by Crippen LogP contribution is 2.38. The maximum atomic E-state index is 2.40. The van der Waals surface area contributed by atoms with Crippen LogP contribution in [0.15, 0.2) is 188 Å². The molecule has 0 radical (unpaired) electrons. The molecule has 8 aromatic carbocycles. The van der Waals surface area contributed by atoms with Crippen LogP contribution in [0.2, 0.25) is 0 Å². The van der Waals surface area contributed by atoms with Crippen molar-refractivity contribution in [2.24, 2.45) is 0 Å².